The highest BCUT2D eigenvalue weighted by atomic mass is 32.1. The van der Waals surface area contributed by atoms with Gasteiger partial charge in [-0.25, -0.2) is 0 Å². The number of benzene rings is 1. The first-order valence-electron chi connectivity index (χ1n) is 5.11. The smallest absolute Gasteiger partial charge is 0.228 e. The Balaban J connectivity index is 2.64. The predicted molar refractivity (Wildman–Crippen MR) is 62.7 cm³/mol. The van der Waals surface area contributed by atoms with E-state index in [1.54, 1.807) is 11.3 Å². The molecule has 0 N–H and O–H groups in total. The molecule has 0 saturated heterocycles. The molecule has 80 valence electrons. The number of hydrogen-bond donors (Lipinski definition) is 0. The van der Waals surface area contributed by atoms with Crippen LogP contribution in [0.4, 0.5) is 0 Å². The molecule has 4 heteroatoms. The molecule has 0 spiro atoms. The number of rotatable bonds is 3. The van der Waals surface area contributed by atoms with E-state index in [4.69, 9.17) is 4.84 Å². The van der Waals surface area contributed by atoms with Gasteiger partial charge in [0.15, 0.2) is 0 Å². The molecule has 3 nitrogen and oxygen atoms in total. The lowest BCUT2D eigenvalue weighted by Crippen LogP contribution is -2.13. The van der Waals surface area contributed by atoms with Crippen molar-refractivity contribution in [2.45, 2.75) is 20.4 Å². The van der Waals surface area contributed by atoms with Crippen LogP contribution in [0.2, 0.25) is 0 Å². The fourth-order valence-corrected chi connectivity index (χ4v) is 2.57. The summed E-state index contributed by atoms with van der Waals surface area (Å²) >= 11 is 1.66. The standard InChI is InChI=1S/C11H14N2OS/c1-3-13-9-7-5-6-8-10(9)15-11(13)12-14-4-2/h5-8H,3-4H2,1-2H3. The molecule has 0 unspecified atom stereocenters. The molecule has 0 bridgehead atoms. The first-order chi connectivity index (χ1) is 7.36. The molecular formula is C11H14N2OS. The maximum atomic E-state index is 5.11. The Hall–Kier alpha value is -1.29. The van der Waals surface area contributed by atoms with Gasteiger partial charge in [-0.15, -0.1) is 0 Å². The van der Waals surface area contributed by atoms with E-state index < -0.39 is 0 Å². The molecule has 0 aliphatic heterocycles. The molecule has 15 heavy (non-hydrogen) atoms. The van der Waals surface area contributed by atoms with Gasteiger partial charge in [-0.3, -0.25) is 0 Å². The van der Waals surface area contributed by atoms with Crippen molar-refractivity contribution in [1.82, 2.24) is 4.57 Å². The maximum Gasteiger partial charge on any atom is 0.228 e. The first kappa shape index (κ1) is 10.2. The van der Waals surface area contributed by atoms with E-state index >= 15 is 0 Å². The van der Waals surface area contributed by atoms with Gasteiger partial charge in [0.1, 0.15) is 6.61 Å². The van der Waals surface area contributed by atoms with Crippen LogP contribution in [0.5, 0.6) is 0 Å². The number of fused-ring (bicyclic) bond motifs is 1. The van der Waals surface area contributed by atoms with E-state index in [0.29, 0.717) is 6.61 Å². The van der Waals surface area contributed by atoms with E-state index in [1.807, 2.05) is 19.1 Å². The number of nitrogens with zero attached hydrogens (tertiary/aromatic N) is 2. The monoisotopic (exact) mass is 222 g/mol. The Morgan fingerprint density at radius 1 is 1.33 bits per heavy atom. The van der Waals surface area contributed by atoms with Gasteiger partial charge in [-0.1, -0.05) is 28.6 Å². The Morgan fingerprint density at radius 2 is 2.13 bits per heavy atom. The fraction of sp³-hybridized carbons (Fsp3) is 0.364. The Bertz CT molecular complexity index is 513. The molecule has 1 aromatic carbocycles. The van der Waals surface area contributed by atoms with Crippen molar-refractivity contribution in [3.05, 3.63) is 29.1 Å². The second-order valence-corrected chi connectivity index (χ2v) is 4.11. The lowest BCUT2D eigenvalue weighted by molar-refractivity contribution is 0.146. The number of aryl methyl sites for hydroxylation is 1. The van der Waals surface area contributed by atoms with E-state index in [1.165, 1.54) is 10.2 Å². The van der Waals surface area contributed by atoms with E-state index in [2.05, 4.69) is 28.8 Å². The van der Waals surface area contributed by atoms with E-state index in [0.717, 1.165) is 11.3 Å². The second-order valence-electron chi connectivity index (χ2n) is 3.11. The highest BCUT2D eigenvalue weighted by Crippen LogP contribution is 2.16. The molecule has 0 saturated carbocycles. The average Bonchev–Trinajstić information content (AvgIpc) is 2.63. The number of para-hydroxylation sites is 1. The minimum Gasteiger partial charge on any atom is -0.394 e. The van der Waals surface area contributed by atoms with Crippen molar-refractivity contribution in [1.29, 1.82) is 0 Å². The molecule has 1 heterocycles. The summed E-state index contributed by atoms with van der Waals surface area (Å²) in [6.45, 7) is 5.57. The molecule has 2 aromatic rings. The summed E-state index contributed by atoms with van der Waals surface area (Å²) in [6, 6.07) is 8.31. The quantitative estimate of drug-likeness (QED) is 0.733. The highest BCUT2D eigenvalue weighted by Gasteiger charge is 2.03. The molecule has 0 atom stereocenters. The van der Waals surface area contributed by atoms with Crippen LogP contribution in [0, 0.1) is 0 Å². The van der Waals surface area contributed by atoms with Gasteiger partial charge in [-0.2, -0.15) is 0 Å². The van der Waals surface area contributed by atoms with Crippen molar-refractivity contribution in [2.24, 2.45) is 5.16 Å². The average molecular weight is 222 g/mol. The second kappa shape index (κ2) is 4.49. The lowest BCUT2D eigenvalue weighted by atomic mass is 10.3. The summed E-state index contributed by atoms with van der Waals surface area (Å²) in [5, 5.41) is 4.11. The van der Waals surface area contributed by atoms with Crippen molar-refractivity contribution >= 4 is 21.6 Å². The first-order valence-corrected chi connectivity index (χ1v) is 5.92. The largest absolute Gasteiger partial charge is 0.394 e. The summed E-state index contributed by atoms with van der Waals surface area (Å²) < 4.78 is 3.41. The van der Waals surface area contributed by atoms with E-state index in [-0.39, 0.29) is 0 Å². The normalized spacial score (nSPS) is 12.3. The van der Waals surface area contributed by atoms with Gasteiger partial charge in [0.05, 0.1) is 10.2 Å². The third-order valence-electron chi connectivity index (χ3n) is 2.18. The maximum absolute atomic E-state index is 5.11. The van der Waals surface area contributed by atoms with Gasteiger partial charge in [-0.05, 0) is 26.0 Å². The molecule has 0 radical (unpaired) electrons. The van der Waals surface area contributed by atoms with Crippen LogP contribution in [0.15, 0.2) is 29.4 Å². The minimum atomic E-state index is 0.609. The third-order valence-corrected chi connectivity index (χ3v) is 3.22. The predicted octanol–water partition coefficient (Wildman–Crippen LogP) is 2.57. The van der Waals surface area contributed by atoms with Gasteiger partial charge in [0.25, 0.3) is 0 Å². The van der Waals surface area contributed by atoms with Crippen LogP contribution in [0.3, 0.4) is 0 Å². The molecule has 0 aliphatic carbocycles. The molecule has 0 fully saturated rings. The molecular weight excluding hydrogens is 208 g/mol. The summed E-state index contributed by atoms with van der Waals surface area (Å²) in [5.41, 5.74) is 1.23. The Kier molecular flexibility index (Phi) is 3.06. The fourth-order valence-electron chi connectivity index (χ4n) is 1.52. The third kappa shape index (κ3) is 1.90. The molecule has 2 rings (SSSR count). The van der Waals surface area contributed by atoms with Gasteiger partial charge in [0, 0.05) is 6.54 Å². The summed E-state index contributed by atoms with van der Waals surface area (Å²) in [7, 11) is 0. The van der Waals surface area contributed by atoms with Crippen molar-refractivity contribution in [3.8, 4) is 0 Å². The van der Waals surface area contributed by atoms with Gasteiger partial charge < -0.3 is 9.40 Å². The van der Waals surface area contributed by atoms with Crippen LogP contribution in [0.1, 0.15) is 13.8 Å². The van der Waals surface area contributed by atoms with Crippen LogP contribution >= 0.6 is 11.3 Å². The number of thiazole rings is 1. The van der Waals surface area contributed by atoms with Crippen LogP contribution in [0.25, 0.3) is 10.2 Å². The SMILES string of the molecule is CCON=c1sc2ccccc2n1CC. The van der Waals surface area contributed by atoms with Gasteiger partial charge in [0.2, 0.25) is 4.80 Å². The topological polar surface area (TPSA) is 26.5 Å². The van der Waals surface area contributed by atoms with E-state index in [9.17, 15) is 0 Å². The minimum absolute atomic E-state index is 0.609. The van der Waals surface area contributed by atoms with Crippen LogP contribution < -0.4 is 4.80 Å². The molecule has 0 aliphatic rings. The molecule has 1 aromatic heterocycles. The summed E-state index contributed by atoms with van der Waals surface area (Å²) in [5.74, 6) is 0. The number of aromatic nitrogens is 1. The van der Waals surface area contributed by atoms with Gasteiger partial charge >= 0.3 is 0 Å². The Morgan fingerprint density at radius 3 is 2.87 bits per heavy atom. The van der Waals surface area contributed by atoms with Crippen molar-refractivity contribution in [3.63, 3.8) is 0 Å². The van der Waals surface area contributed by atoms with Crippen LogP contribution in [-0.2, 0) is 11.4 Å². The summed E-state index contributed by atoms with van der Waals surface area (Å²) in [4.78, 5) is 6.04. The van der Waals surface area contributed by atoms with Crippen LogP contribution in [-0.4, -0.2) is 11.2 Å². The summed E-state index contributed by atoms with van der Waals surface area (Å²) in [6.07, 6.45) is 0. The Labute approximate surface area is 92.6 Å². The lowest BCUT2D eigenvalue weighted by Gasteiger charge is -1.98. The van der Waals surface area contributed by atoms with Crippen molar-refractivity contribution < 1.29 is 4.84 Å². The zero-order valence-electron chi connectivity index (χ0n) is 8.93. The zero-order valence-corrected chi connectivity index (χ0v) is 9.75. The van der Waals surface area contributed by atoms with Crippen molar-refractivity contribution in [2.75, 3.05) is 6.61 Å². The molecule has 0 amide bonds. The zero-order chi connectivity index (χ0) is 10.7. The highest BCUT2D eigenvalue weighted by molar-refractivity contribution is 7.16. The number of hydrogen-bond acceptors (Lipinski definition) is 3.